The van der Waals surface area contributed by atoms with Crippen molar-refractivity contribution in [3.8, 4) is 49.0 Å². The lowest BCUT2D eigenvalue weighted by molar-refractivity contribution is -0.257. The Balaban J connectivity index is 0.00000194. The maximum Gasteiger partial charge on any atom is 0.417 e. The van der Waals surface area contributed by atoms with Crippen LogP contribution in [0, 0.1) is 0 Å². The van der Waals surface area contributed by atoms with E-state index in [0.29, 0.717) is 30.1 Å². The lowest BCUT2D eigenvalue weighted by Crippen LogP contribution is -2.48. The van der Waals surface area contributed by atoms with Crippen molar-refractivity contribution in [2.45, 2.75) is 245 Å². The van der Waals surface area contributed by atoms with Gasteiger partial charge < -0.3 is 34.6 Å². The van der Waals surface area contributed by atoms with E-state index in [0.717, 1.165) is 124 Å². The zero-order valence-electron chi connectivity index (χ0n) is 49.6. The molecule has 6 aromatic rings. The fourth-order valence-corrected chi connectivity index (χ4v) is 12.1. The first kappa shape index (κ1) is 67.9. The van der Waals surface area contributed by atoms with Gasteiger partial charge in [-0.25, -0.2) is 0 Å². The second-order valence-electron chi connectivity index (χ2n) is 21.6. The van der Waals surface area contributed by atoms with Crippen molar-refractivity contribution in [3.63, 3.8) is 0 Å². The summed E-state index contributed by atoms with van der Waals surface area (Å²) in [4.78, 5) is 11.1. The number of benzene rings is 3. The minimum absolute atomic E-state index is 0.223. The number of aromatic nitrogens is 6. The number of ether oxygens (including phenoxy) is 3. The van der Waals surface area contributed by atoms with Crippen molar-refractivity contribution < 1.29 is 39.4 Å². The van der Waals surface area contributed by atoms with Crippen molar-refractivity contribution in [2.75, 3.05) is 13.2 Å². The number of rotatable bonds is 45. The summed E-state index contributed by atoms with van der Waals surface area (Å²) >= 11 is 5.00. The number of aliphatic hydroxyl groups excluding tert-OH is 3. The van der Waals surface area contributed by atoms with Gasteiger partial charge in [-0.1, -0.05) is 202 Å². The molecule has 0 bridgehead atoms. The van der Waals surface area contributed by atoms with E-state index < -0.39 is 18.0 Å². The average Bonchev–Trinajstić information content (AvgIpc) is 4.43. The number of carbonyl (C=O) groups is 1. The summed E-state index contributed by atoms with van der Waals surface area (Å²) in [5, 5.41) is 66.5. The number of aryl methyl sites for hydroxylation is 3. The van der Waals surface area contributed by atoms with Crippen LogP contribution in [0.25, 0.3) is 31.7 Å². The maximum absolute atomic E-state index is 11.1. The number of hydrogen-bond donors (Lipinski definition) is 4. The highest BCUT2D eigenvalue weighted by atomic mass is 32.1. The molecule has 6 rings (SSSR count). The molecule has 0 amide bonds. The molecule has 0 saturated heterocycles. The van der Waals surface area contributed by atoms with Crippen LogP contribution in [0.1, 0.15) is 228 Å². The van der Waals surface area contributed by atoms with Gasteiger partial charge in [0.15, 0.2) is 0 Å². The van der Waals surface area contributed by atoms with Crippen molar-refractivity contribution in [1.82, 2.24) is 30.6 Å². The molecule has 0 atom stereocenters. The zero-order valence-corrected chi connectivity index (χ0v) is 52.0. The first-order valence-electron chi connectivity index (χ1n) is 31.1. The predicted molar refractivity (Wildman–Crippen MR) is 335 cm³/mol. The Morgan fingerprint density at radius 1 is 0.415 bits per heavy atom. The van der Waals surface area contributed by atoms with E-state index in [4.69, 9.17) is 34.6 Å². The molecular weight excluding hydrogens is 1090 g/mol. The number of aliphatic carboxylic acids is 1. The van der Waals surface area contributed by atoms with Crippen molar-refractivity contribution in [2.24, 2.45) is 0 Å². The van der Waals surface area contributed by atoms with Crippen molar-refractivity contribution in [3.05, 3.63) is 87.8 Å². The van der Waals surface area contributed by atoms with Crippen LogP contribution in [0.3, 0.4) is 0 Å². The van der Waals surface area contributed by atoms with Crippen LogP contribution in [0.4, 0.5) is 0 Å². The van der Waals surface area contributed by atoms with Crippen LogP contribution < -0.4 is 14.2 Å². The normalized spacial score (nSPS) is 11.5. The molecule has 0 aliphatic rings. The fraction of sp³-hybridized carbons (Fsp3) is 0.615. The summed E-state index contributed by atoms with van der Waals surface area (Å²) in [5.74, 6) is -0.462. The van der Waals surface area contributed by atoms with E-state index in [9.17, 15) is 4.79 Å². The lowest BCUT2D eigenvalue weighted by Gasteiger charge is -2.34. The van der Waals surface area contributed by atoms with Gasteiger partial charge in [0.25, 0.3) is 0 Å². The van der Waals surface area contributed by atoms with Gasteiger partial charge in [0.1, 0.15) is 53.4 Å². The summed E-state index contributed by atoms with van der Waals surface area (Å²) < 4.78 is 21.0. The molecule has 3 heterocycles. The molecule has 0 radical (unpaired) electrons. The number of hydrogen-bond acceptors (Lipinski definition) is 16. The maximum atomic E-state index is 11.1. The molecule has 0 aliphatic carbocycles. The number of unbranched alkanes of at least 4 members (excludes halogenated alkanes) is 24. The van der Waals surface area contributed by atoms with Crippen LogP contribution in [-0.4, -0.2) is 82.3 Å². The van der Waals surface area contributed by atoms with Crippen LogP contribution in [-0.2, 0) is 24.1 Å². The summed E-state index contributed by atoms with van der Waals surface area (Å²) in [6, 6.07) is 24.1. The van der Waals surface area contributed by atoms with Crippen LogP contribution in [0.15, 0.2) is 72.8 Å². The quantitative estimate of drug-likeness (QED) is 0.0208. The molecule has 452 valence electrons. The Hall–Kier alpha value is -4.91. The zero-order chi connectivity index (χ0) is 58.3. The summed E-state index contributed by atoms with van der Waals surface area (Å²) in [6.07, 6.45) is 35.6. The molecule has 82 heavy (non-hydrogen) atoms. The third-order valence-corrected chi connectivity index (χ3v) is 17.4. The topological polar surface area (TPSA) is 203 Å². The van der Waals surface area contributed by atoms with Gasteiger partial charge in [0, 0.05) is 42.4 Å². The van der Waals surface area contributed by atoms with Gasteiger partial charge >= 0.3 is 11.9 Å². The molecular formula is C65H96N6O8S3. The Bertz CT molecular complexity index is 2310. The van der Waals surface area contributed by atoms with E-state index in [2.05, 4.69) is 51.4 Å². The number of aliphatic hydroxyl groups is 3. The highest BCUT2D eigenvalue weighted by Crippen LogP contribution is 2.36. The van der Waals surface area contributed by atoms with Gasteiger partial charge in [0.2, 0.25) is 0 Å². The summed E-state index contributed by atoms with van der Waals surface area (Å²) in [5.41, 5.74) is 2.96. The largest absolute Gasteiger partial charge is 0.481 e. The standard InChI is InChI=1S/C62H88N6O5S3.C3H8O3/c1-4-7-10-13-17-22-27-32-55-63-66-59(74-55)49-36-42-52(43-37-49)71-62(48-31-26-21-16-20-25-30-35-58(69)70,72-53-44-38-50(39-45-53)60-67-64-56(75-60)33-28-23-18-14-11-8-5-2)73-54-46-40-51(41-47-54)61-68-65-57(76-61)34-29-24-19-15-12-9-6-3;4-1-3(6)2-5/h36-47H,4-35,48H2,1-3H3,(H,69,70);3-6H,1-2H2. The predicted octanol–water partition coefficient (Wildman–Crippen LogP) is 17.2. The van der Waals surface area contributed by atoms with Gasteiger partial charge in [-0.15, -0.1) is 30.6 Å². The van der Waals surface area contributed by atoms with Gasteiger partial charge in [-0.3, -0.25) is 4.79 Å². The smallest absolute Gasteiger partial charge is 0.417 e. The summed E-state index contributed by atoms with van der Waals surface area (Å²) in [7, 11) is 0. The van der Waals surface area contributed by atoms with Crippen LogP contribution in [0.2, 0.25) is 0 Å². The SMILES string of the molecule is CCCCCCCCCc1nnc(-c2ccc(OC(CCCCCCCCCC(=O)O)(Oc3ccc(-c4nnc(CCCCCCCCC)s4)cc3)Oc3ccc(-c4nnc(CCCCCCCCC)s4)cc3)cc2)s1.OCC(O)CO. The van der Waals surface area contributed by atoms with Crippen LogP contribution in [0.5, 0.6) is 17.2 Å². The van der Waals surface area contributed by atoms with Gasteiger partial charge in [-0.2, -0.15) is 0 Å². The molecule has 3 aromatic heterocycles. The van der Waals surface area contributed by atoms with E-state index in [1.807, 2.05) is 72.8 Å². The molecule has 0 unspecified atom stereocenters. The van der Waals surface area contributed by atoms with Crippen molar-refractivity contribution in [1.29, 1.82) is 0 Å². The Morgan fingerprint density at radius 3 is 0.976 bits per heavy atom. The number of carboxylic acids is 1. The third kappa shape index (κ3) is 27.2. The fourth-order valence-electron chi connectivity index (χ4n) is 9.42. The molecule has 0 aliphatic heterocycles. The van der Waals surface area contributed by atoms with Gasteiger partial charge in [-0.05, 0) is 105 Å². The second kappa shape index (κ2) is 41.2. The minimum Gasteiger partial charge on any atom is -0.481 e. The molecule has 0 saturated carbocycles. The number of carboxylic acid groups (broad SMARTS) is 1. The third-order valence-electron chi connectivity index (χ3n) is 14.3. The van der Waals surface area contributed by atoms with E-state index in [-0.39, 0.29) is 19.6 Å². The second-order valence-corrected chi connectivity index (χ2v) is 24.8. The Kier molecular flexibility index (Phi) is 34.1. The first-order chi connectivity index (χ1) is 40.2. The molecule has 14 nitrogen and oxygen atoms in total. The summed E-state index contributed by atoms with van der Waals surface area (Å²) in [6.45, 7) is 6.05. The van der Waals surface area contributed by atoms with Gasteiger partial charge in [0.05, 0.1) is 19.6 Å². The molecule has 3 aromatic carbocycles. The minimum atomic E-state index is -1.54. The van der Waals surface area contributed by atoms with E-state index in [1.165, 1.54) is 116 Å². The molecule has 17 heteroatoms. The lowest BCUT2D eigenvalue weighted by atomic mass is 10.1. The number of nitrogens with zero attached hydrogens (tertiary/aromatic N) is 6. The van der Waals surface area contributed by atoms with Crippen LogP contribution >= 0.6 is 34.0 Å². The Labute approximate surface area is 502 Å². The van der Waals surface area contributed by atoms with E-state index >= 15 is 0 Å². The average molecular weight is 1190 g/mol. The highest BCUT2D eigenvalue weighted by molar-refractivity contribution is 7.15. The monoisotopic (exact) mass is 1180 g/mol. The van der Waals surface area contributed by atoms with Crippen molar-refractivity contribution >= 4 is 40.0 Å². The highest BCUT2D eigenvalue weighted by Gasteiger charge is 2.39. The Morgan fingerprint density at radius 2 is 0.695 bits per heavy atom. The van der Waals surface area contributed by atoms with E-state index in [1.54, 1.807) is 34.0 Å². The molecule has 0 spiro atoms. The first-order valence-corrected chi connectivity index (χ1v) is 33.6. The molecule has 0 fully saturated rings. The molecule has 4 N–H and O–H groups in total.